The molecule has 3 heterocycles. The summed E-state index contributed by atoms with van der Waals surface area (Å²) in [5.41, 5.74) is 2.64. The van der Waals surface area contributed by atoms with Gasteiger partial charge in [0.2, 0.25) is 0 Å². The average Bonchev–Trinajstić information content (AvgIpc) is 3.34. The number of nitrogens with one attached hydrogen (secondary N) is 1. The van der Waals surface area contributed by atoms with E-state index in [4.69, 9.17) is 0 Å². The highest BCUT2D eigenvalue weighted by Crippen LogP contribution is 2.26. The van der Waals surface area contributed by atoms with Crippen LogP contribution in [0.2, 0.25) is 0 Å². The van der Waals surface area contributed by atoms with Gasteiger partial charge in [-0.1, -0.05) is 0 Å². The minimum absolute atomic E-state index is 0.149. The van der Waals surface area contributed by atoms with Crippen LogP contribution < -0.4 is 5.32 Å². The second-order valence-corrected chi connectivity index (χ2v) is 6.88. The zero-order valence-corrected chi connectivity index (χ0v) is 14.2. The van der Waals surface area contributed by atoms with Crippen molar-refractivity contribution in [1.82, 2.24) is 24.8 Å². The van der Waals surface area contributed by atoms with E-state index in [0.717, 1.165) is 23.5 Å². The monoisotopic (exact) mass is 340 g/mol. The van der Waals surface area contributed by atoms with Gasteiger partial charge < -0.3 is 4.90 Å². The number of pyridine rings is 1. The van der Waals surface area contributed by atoms with Crippen LogP contribution in [0.4, 0.5) is 10.6 Å². The molecule has 1 fully saturated rings. The summed E-state index contributed by atoms with van der Waals surface area (Å²) >= 11 is 1.57. The van der Waals surface area contributed by atoms with Gasteiger partial charge in [0.1, 0.15) is 22.7 Å². The third-order valence-electron chi connectivity index (χ3n) is 3.94. The molecule has 0 saturated heterocycles. The number of urea groups is 1. The van der Waals surface area contributed by atoms with Crippen LogP contribution in [0.5, 0.6) is 0 Å². The highest BCUT2D eigenvalue weighted by atomic mass is 32.1. The fourth-order valence-electron chi connectivity index (χ4n) is 2.40. The standard InChI is InChI=1S/C16H16N6OS/c1-9-18-13(8-24-9)12-7-17-11-5-6-14(20-15(11)19-12)21-16(23)22(2)10-3-4-10/h5-8,10H,3-4H2,1-2H3,(H,19,20,21,23). The van der Waals surface area contributed by atoms with Crippen LogP contribution in [0.1, 0.15) is 17.8 Å². The maximum absolute atomic E-state index is 12.2. The second-order valence-electron chi connectivity index (χ2n) is 5.82. The summed E-state index contributed by atoms with van der Waals surface area (Å²) in [6.07, 6.45) is 3.82. The minimum atomic E-state index is -0.149. The quantitative estimate of drug-likeness (QED) is 0.792. The predicted octanol–water partition coefficient (Wildman–Crippen LogP) is 3.08. The zero-order valence-electron chi connectivity index (χ0n) is 13.4. The number of nitrogens with zero attached hydrogens (tertiary/aromatic N) is 5. The lowest BCUT2D eigenvalue weighted by Crippen LogP contribution is -2.33. The van der Waals surface area contributed by atoms with E-state index in [1.165, 1.54) is 0 Å². The number of fused-ring (bicyclic) bond motifs is 1. The Bertz CT molecular complexity index is 920. The van der Waals surface area contributed by atoms with Crippen molar-refractivity contribution in [3.8, 4) is 11.4 Å². The number of hydrogen-bond donors (Lipinski definition) is 1. The Hall–Kier alpha value is -2.61. The molecule has 0 spiro atoms. The van der Waals surface area contributed by atoms with Gasteiger partial charge in [-0.15, -0.1) is 11.3 Å². The molecule has 122 valence electrons. The lowest BCUT2D eigenvalue weighted by molar-refractivity contribution is 0.220. The van der Waals surface area contributed by atoms with Crippen molar-refractivity contribution >= 4 is 34.3 Å². The number of anilines is 1. The molecule has 1 aliphatic carbocycles. The first-order chi connectivity index (χ1) is 11.6. The number of hydrogen-bond acceptors (Lipinski definition) is 6. The molecule has 0 bridgehead atoms. The maximum atomic E-state index is 12.2. The van der Waals surface area contributed by atoms with Crippen LogP contribution in [0.15, 0.2) is 23.7 Å². The van der Waals surface area contributed by atoms with Crippen molar-refractivity contribution in [2.24, 2.45) is 0 Å². The van der Waals surface area contributed by atoms with Crippen LogP contribution >= 0.6 is 11.3 Å². The summed E-state index contributed by atoms with van der Waals surface area (Å²) in [5.74, 6) is 0.473. The van der Waals surface area contributed by atoms with E-state index in [-0.39, 0.29) is 6.03 Å². The first kappa shape index (κ1) is 14.9. The van der Waals surface area contributed by atoms with Crippen molar-refractivity contribution in [1.29, 1.82) is 0 Å². The molecule has 24 heavy (non-hydrogen) atoms. The first-order valence-electron chi connectivity index (χ1n) is 7.70. The van der Waals surface area contributed by atoms with Crippen molar-refractivity contribution in [3.05, 3.63) is 28.7 Å². The fourth-order valence-corrected chi connectivity index (χ4v) is 3.00. The Morgan fingerprint density at radius 3 is 2.79 bits per heavy atom. The van der Waals surface area contributed by atoms with Crippen LogP contribution in [-0.4, -0.2) is 44.0 Å². The molecule has 0 radical (unpaired) electrons. The van der Waals surface area contributed by atoms with Gasteiger partial charge in [-0.05, 0) is 31.9 Å². The molecule has 3 aromatic rings. The topological polar surface area (TPSA) is 83.9 Å². The van der Waals surface area contributed by atoms with Gasteiger partial charge in [-0.25, -0.2) is 19.7 Å². The van der Waals surface area contributed by atoms with Gasteiger partial charge in [0.05, 0.1) is 11.2 Å². The van der Waals surface area contributed by atoms with Gasteiger partial charge in [-0.3, -0.25) is 10.3 Å². The Morgan fingerprint density at radius 2 is 2.08 bits per heavy atom. The molecular formula is C16H16N6OS. The molecule has 1 aliphatic rings. The first-order valence-corrected chi connectivity index (χ1v) is 8.58. The van der Waals surface area contributed by atoms with E-state index in [2.05, 4.69) is 25.3 Å². The summed E-state index contributed by atoms with van der Waals surface area (Å²) in [6.45, 7) is 1.95. The molecule has 8 heteroatoms. The Kier molecular flexibility index (Phi) is 3.61. The number of aryl methyl sites for hydroxylation is 1. The third-order valence-corrected chi connectivity index (χ3v) is 4.71. The van der Waals surface area contributed by atoms with E-state index < -0.39 is 0 Å². The summed E-state index contributed by atoms with van der Waals surface area (Å²) in [6, 6.07) is 3.74. The van der Waals surface area contributed by atoms with E-state index in [0.29, 0.717) is 28.7 Å². The van der Waals surface area contributed by atoms with E-state index in [9.17, 15) is 4.79 Å². The molecule has 0 atom stereocenters. The number of thiazole rings is 1. The molecule has 4 rings (SSSR count). The molecule has 1 N–H and O–H groups in total. The van der Waals surface area contributed by atoms with Gasteiger partial charge in [0.25, 0.3) is 0 Å². The molecule has 1 saturated carbocycles. The van der Waals surface area contributed by atoms with Gasteiger partial charge in [-0.2, -0.15) is 0 Å². The molecule has 0 unspecified atom stereocenters. The van der Waals surface area contributed by atoms with Crippen molar-refractivity contribution in [2.75, 3.05) is 12.4 Å². The molecular weight excluding hydrogens is 324 g/mol. The summed E-state index contributed by atoms with van der Waals surface area (Å²) in [5, 5.41) is 5.73. The summed E-state index contributed by atoms with van der Waals surface area (Å²) in [7, 11) is 1.80. The molecule has 0 aromatic carbocycles. The normalized spacial score (nSPS) is 13.9. The Morgan fingerprint density at radius 1 is 1.25 bits per heavy atom. The lowest BCUT2D eigenvalue weighted by Gasteiger charge is -2.16. The molecule has 2 amide bonds. The fraction of sp³-hybridized carbons (Fsp3) is 0.312. The van der Waals surface area contributed by atoms with Gasteiger partial charge in [0.15, 0.2) is 5.65 Å². The van der Waals surface area contributed by atoms with Crippen LogP contribution in [0, 0.1) is 6.92 Å². The number of aromatic nitrogens is 4. The lowest BCUT2D eigenvalue weighted by atomic mass is 10.3. The predicted molar refractivity (Wildman–Crippen MR) is 93.0 cm³/mol. The van der Waals surface area contributed by atoms with Crippen molar-refractivity contribution in [3.63, 3.8) is 0 Å². The minimum Gasteiger partial charge on any atom is -0.325 e. The molecule has 7 nitrogen and oxygen atoms in total. The Labute approximate surface area is 142 Å². The van der Waals surface area contributed by atoms with Gasteiger partial charge >= 0.3 is 6.03 Å². The molecule has 0 aliphatic heterocycles. The zero-order chi connectivity index (χ0) is 16.7. The van der Waals surface area contributed by atoms with Gasteiger partial charge in [0, 0.05) is 18.5 Å². The van der Waals surface area contributed by atoms with E-state index in [1.807, 2.05) is 12.3 Å². The Balaban J connectivity index is 1.62. The summed E-state index contributed by atoms with van der Waals surface area (Å²) < 4.78 is 0. The average molecular weight is 340 g/mol. The number of amides is 2. The van der Waals surface area contributed by atoms with Crippen molar-refractivity contribution < 1.29 is 4.79 Å². The van der Waals surface area contributed by atoms with Crippen LogP contribution in [0.3, 0.4) is 0 Å². The number of carbonyl (C=O) groups is 1. The smallest absolute Gasteiger partial charge is 0.322 e. The highest BCUT2D eigenvalue weighted by molar-refractivity contribution is 7.09. The SMILES string of the molecule is Cc1nc(-c2cnc3ccc(NC(=O)N(C)C4CC4)nc3n2)cs1. The molecule has 3 aromatic heterocycles. The second kappa shape index (κ2) is 5.79. The van der Waals surface area contributed by atoms with Crippen LogP contribution in [0.25, 0.3) is 22.6 Å². The summed E-state index contributed by atoms with van der Waals surface area (Å²) in [4.78, 5) is 31.6. The van der Waals surface area contributed by atoms with E-state index in [1.54, 1.807) is 41.6 Å². The van der Waals surface area contributed by atoms with E-state index >= 15 is 0 Å². The number of rotatable bonds is 3. The largest absolute Gasteiger partial charge is 0.325 e. The van der Waals surface area contributed by atoms with Crippen molar-refractivity contribution in [2.45, 2.75) is 25.8 Å². The highest BCUT2D eigenvalue weighted by Gasteiger charge is 2.29. The van der Waals surface area contributed by atoms with Crippen LogP contribution in [-0.2, 0) is 0 Å². The third kappa shape index (κ3) is 2.92. The number of carbonyl (C=O) groups excluding carboxylic acids is 1. The maximum Gasteiger partial charge on any atom is 0.322 e.